The van der Waals surface area contributed by atoms with Crippen LogP contribution < -0.4 is 5.32 Å². The number of aromatic nitrogens is 2. The van der Waals surface area contributed by atoms with Gasteiger partial charge in [0, 0.05) is 37.5 Å². The first-order chi connectivity index (χ1) is 9.19. The van der Waals surface area contributed by atoms with E-state index in [0.29, 0.717) is 13.1 Å². The first kappa shape index (κ1) is 16.3. The van der Waals surface area contributed by atoms with E-state index in [9.17, 15) is 10.2 Å². The van der Waals surface area contributed by atoms with Crippen LogP contribution in [0.4, 0.5) is 0 Å². The Kier molecular flexibility index (Phi) is 6.35. The Labute approximate surface area is 124 Å². The molecule has 0 aliphatic heterocycles. The molecule has 0 radical (unpaired) electrons. The number of hydrogen-bond donors (Lipinski definition) is 3. The largest absolute Gasteiger partial charge is 0.508 e. The summed E-state index contributed by atoms with van der Waals surface area (Å²) < 4.78 is 1.93. The fourth-order valence-electron chi connectivity index (χ4n) is 1.88. The van der Waals surface area contributed by atoms with Gasteiger partial charge in [-0.2, -0.15) is 5.10 Å². The van der Waals surface area contributed by atoms with Crippen molar-refractivity contribution >= 4 is 12.4 Å². The van der Waals surface area contributed by atoms with Crippen molar-refractivity contribution in [2.45, 2.75) is 33.0 Å². The molecule has 1 aromatic heterocycles. The highest BCUT2D eigenvalue weighted by Crippen LogP contribution is 2.22. The van der Waals surface area contributed by atoms with E-state index in [1.807, 2.05) is 16.9 Å². The van der Waals surface area contributed by atoms with Gasteiger partial charge in [-0.1, -0.05) is 13.0 Å². The van der Waals surface area contributed by atoms with E-state index in [0.717, 1.165) is 24.2 Å². The zero-order valence-electron chi connectivity index (χ0n) is 11.4. The minimum atomic E-state index is 0. The van der Waals surface area contributed by atoms with Crippen LogP contribution in [0.5, 0.6) is 11.5 Å². The maximum Gasteiger partial charge on any atom is 0.123 e. The SMILES string of the molecule is CCCn1ccc(CNCc2ccc(O)cc2O)n1.Cl. The summed E-state index contributed by atoms with van der Waals surface area (Å²) in [7, 11) is 0. The van der Waals surface area contributed by atoms with Gasteiger partial charge in [-0.15, -0.1) is 12.4 Å². The van der Waals surface area contributed by atoms with Crippen LogP contribution in [0.15, 0.2) is 30.5 Å². The number of hydrogen-bond acceptors (Lipinski definition) is 4. The van der Waals surface area contributed by atoms with Gasteiger partial charge < -0.3 is 15.5 Å². The fraction of sp³-hybridized carbons (Fsp3) is 0.357. The normalized spacial score (nSPS) is 10.2. The number of rotatable bonds is 6. The van der Waals surface area contributed by atoms with Gasteiger partial charge in [0.05, 0.1) is 5.69 Å². The number of nitrogens with zero attached hydrogens (tertiary/aromatic N) is 2. The molecule has 0 amide bonds. The highest BCUT2D eigenvalue weighted by Gasteiger charge is 2.03. The summed E-state index contributed by atoms with van der Waals surface area (Å²) in [4.78, 5) is 0. The maximum atomic E-state index is 9.64. The molecule has 20 heavy (non-hydrogen) atoms. The molecule has 3 N–H and O–H groups in total. The average Bonchev–Trinajstić information content (AvgIpc) is 2.80. The van der Waals surface area contributed by atoms with Gasteiger partial charge in [0.1, 0.15) is 11.5 Å². The number of phenols is 2. The summed E-state index contributed by atoms with van der Waals surface area (Å²) in [6, 6.07) is 6.59. The van der Waals surface area contributed by atoms with E-state index in [1.54, 1.807) is 12.1 Å². The monoisotopic (exact) mass is 297 g/mol. The minimum absolute atomic E-state index is 0. The number of aromatic hydroxyl groups is 2. The number of benzene rings is 1. The van der Waals surface area contributed by atoms with Gasteiger partial charge >= 0.3 is 0 Å². The van der Waals surface area contributed by atoms with E-state index in [-0.39, 0.29) is 23.9 Å². The molecule has 0 fully saturated rings. The molecule has 0 atom stereocenters. The van der Waals surface area contributed by atoms with Gasteiger partial charge in [-0.3, -0.25) is 4.68 Å². The Bertz CT molecular complexity index is 543. The molecule has 0 spiro atoms. The minimum Gasteiger partial charge on any atom is -0.508 e. The summed E-state index contributed by atoms with van der Waals surface area (Å²) in [6.07, 6.45) is 3.04. The zero-order chi connectivity index (χ0) is 13.7. The van der Waals surface area contributed by atoms with Crippen LogP contribution in [-0.2, 0) is 19.6 Å². The van der Waals surface area contributed by atoms with Crippen molar-refractivity contribution < 1.29 is 10.2 Å². The molecule has 2 aromatic rings. The summed E-state index contributed by atoms with van der Waals surface area (Å²) >= 11 is 0. The average molecular weight is 298 g/mol. The molecule has 1 heterocycles. The summed E-state index contributed by atoms with van der Waals surface area (Å²) in [6.45, 7) is 4.23. The first-order valence-electron chi connectivity index (χ1n) is 6.43. The summed E-state index contributed by atoms with van der Waals surface area (Å²) in [5.41, 5.74) is 1.73. The second-order valence-electron chi connectivity index (χ2n) is 4.49. The lowest BCUT2D eigenvalue weighted by Gasteiger charge is -2.06. The van der Waals surface area contributed by atoms with E-state index < -0.39 is 0 Å². The van der Waals surface area contributed by atoms with Crippen LogP contribution in [-0.4, -0.2) is 20.0 Å². The van der Waals surface area contributed by atoms with E-state index in [2.05, 4.69) is 17.3 Å². The summed E-state index contributed by atoms with van der Waals surface area (Å²) in [5, 5.41) is 26.5. The third kappa shape index (κ3) is 4.43. The lowest BCUT2D eigenvalue weighted by atomic mass is 10.2. The molecule has 0 unspecified atom stereocenters. The Morgan fingerprint density at radius 3 is 2.70 bits per heavy atom. The van der Waals surface area contributed by atoms with Crippen LogP contribution >= 0.6 is 12.4 Å². The maximum absolute atomic E-state index is 9.64. The molecule has 0 aliphatic rings. The van der Waals surface area contributed by atoms with Gasteiger partial charge in [0.2, 0.25) is 0 Å². The van der Waals surface area contributed by atoms with Gasteiger partial charge in [0.15, 0.2) is 0 Å². The quantitative estimate of drug-likeness (QED) is 0.766. The van der Waals surface area contributed by atoms with Crippen molar-refractivity contribution in [1.29, 1.82) is 0 Å². The molecule has 0 saturated carbocycles. The predicted octanol–water partition coefficient (Wildman–Crippen LogP) is 2.42. The topological polar surface area (TPSA) is 70.3 Å². The third-order valence-electron chi connectivity index (χ3n) is 2.84. The summed E-state index contributed by atoms with van der Waals surface area (Å²) in [5.74, 6) is 0.170. The van der Waals surface area contributed by atoms with Crippen molar-refractivity contribution in [3.63, 3.8) is 0 Å². The van der Waals surface area contributed by atoms with Crippen molar-refractivity contribution in [2.75, 3.05) is 0 Å². The van der Waals surface area contributed by atoms with Crippen molar-refractivity contribution in [1.82, 2.24) is 15.1 Å². The van der Waals surface area contributed by atoms with Crippen molar-refractivity contribution in [3.05, 3.63) is 41.7 Å². The number of nitrogens with one attached hydrogen (secondary N) is 1. The molecule has 0 bridgehead atoms. The third-order valence-corrected chi connectivity index (χ3v) is 2.84. The second-order valence-corrected chi connectivity index (χ2v) is 4.49. The molecular formula is C14H20ClN3O2. The highest BCUT2D eigenvalue weighted by molar-refractivity contribution is 5.85. The smallest absolute Gasteiger partial charge is 0.123 e. The molecule has 0 saturated heterocycles. The number of halogens is 1. The zero-order valence-corrected chi connectivity index (χ0v) is 12.2. The van der Waals surface area contributed by atoms with E-state index in [1.165, 1.54) is 6.07 Å². The number of phenolic OH excluding ortho intramolecular Hbond substituents is 2. The first-order valence-corrected chi connectivity index (χ1v) is 6.43. The predicted molar refractivity (Wildman–Crippen MR) is 80.1 cm³/mol. The van der Waals surface area contributed by atoms with Crippen LogP contribution in [0.25, 0.3) is 0 Å². The Morgan fingerprint density at radius 2 is 2.00 bits per heavy atom. The van der Waals surface area contributed by atoms with Crippen molar-refractivity contribution in [2.24, 2.45) is 0 Å². The molecule has 6 heteroatoms. The molecule has 0 aliphatic carbocycles. The van der Waals surface area contributed by atoms with Gasteiger partial charge in [-0.05, 0) is 18.6 Å². The Hall–Kier alpha value is -1.72. The Morgan fingerprint density at radius 1 is 1.20 bits per heavy atom. The van der Waals surface area contributed by atoms with Gasteiger partial charge in [-0.25, -0.2) is 0 Å². The highest BCUT2D eigenvalue weighted by atomic mass is 35.5. The van der Waals surface area contributed by atoms with Crippen LogP contribution in [0.2, 0.25) is 0 Å². The van der Waals surface area contributed by atoms with Gasteiger partial charge in [0.25, 0.3) is 0 Å². The molecule has 110 valence electrons. The van der Waals surface area contributed by atoms with Crippen LogP contribution in [0, 0.1) is 0 Å². The molecule has 5 nitrogen and oxygen atoms in total. The standard InChI is InChI=1S/C14H19N3O2.ClH/c1-2-6-17-7-5-12(16-17)10-15-9-11-3-4-13(18)8-14(11)19;/h3-5,7-8,15,18-19H,2,6,9-10H2,1H3;1H. The molecule has 2 rings (SSSR count). The molecule has 1 aromatic carbocycles. The second kappa shape index (κ2) is 7.77. The lowest BCUT2D eigenvalue weighted by Crippen LogP contribution is -2.13. The lowest BCUT2D eigenvalue weighted by molar-refractivity contribution is 0.443. The van der Waals surface area contributed by atoms with Crippen LogP contribution in [0.3, 0.4) is 0 Å². The Balaban J connectivity index is 0.00000200. The fourth-order valence-corrected chi connectivity index (χ4v) is 1.88. The van der Waals surface area contributed by atoms with Crippen LogP contribution in [0.1, 0.15) is 24.6 Å². The van der Waals surface area contributed by atoms with Crippen molar-refractivity contribution in [3.8, 4) is 11.5 Å². The number of aryl methyl sites for hydroxylation is 1. The molecular weight excluding hydrogens is 278 g/mol. The van der Waals surface area contributed by atoms with E-state index >= 15 is 0 Å². The van der Waals surface area contributed by atoms with E-state index in [4.69, 9.17) is 0 Å².